The molecule has 154 valence electrons. The van der Waals surface area contributed by atoms with Crippen molar-refractivity contribution in [2.24, 2.45) is 11.7 Å². The first-order chi connectivity index (χ1) is 12.2. The van der Waals surface area contributed by atoms with Crippen molar-refractivity contribution >= 4 is 18.3 Å². The van der Waals surface area contributed by atoms with E-state index in [1.54, 1.807) is 6.07 Å². The lowest BCUT2D eigenvalue weighted by Gasteiger charge is -2.38. The molecule has 1 heterocycles. The summed E-state index contributed by atoms with van der Waals surface area (Å²) in [7, 11) is 0. The van der Waals surface area contributed by atoms with Crippen LogP contribution in [-0.4, -0.2) is 31.7 Å². The Bertz CT molecular complexity index is 619. The van der Waals surface area contributed by atoms with Crippen molar-refractivity contribution in [1.29, 1.82) is 0 Å². The SMILES string of the molecule is CCC(C)C(N)C(=O)NCC1(c2cccc(C(F)(F)F)c2)CCOCC1.Cl. The number of amides is 1. The highest BCUT2D eigenvalue weighted by Crippen LogP contribution is 2.37. The van der Waals surface area contributed by atoms with Gasteiger partial charge >= 0.3 is 6.18 Å². The van der Waals surface area contributed by atoms with Crippen molar-refractivity contribution in [3.8, 4) is 0 Å². The summed E-state index contributed by atoms with van der Waals surface area (Å²) >= 11 is 0. The van der Waals surface area contributed by atoms with Gasteiger partial charge in [-0.05, 0) is 30.4 Å². The van der Waals surface area contributed by atoms with E-state index in [-0.39, 0.29) is 30.8 Å². The molecule has 2 atom stereocenters. The summed E-state index contributed by atoms with van der Waals surface area (Å²) in [6.45, 7) is 5.01. The Morgan fingerprint density at radius 1 is 1.33 bits per heavy atom. The minimum absolute atomic E-state index is 0. The zero-order valence-electron chi connectivity index (χ0n) is 15.6. The Morgan fingerprint density at radius 3 is 2.52 bits per heavy atom. The monoisotopic (exact) mass is 408 g/mol. The maximum atomic E-state index is 13.1. The molecule has 3 N–H and O–H groups in total. The minimum atomic E-state index is -4.40. The van der Waals surface area contributed by atoms with Gasteiger partial charge in [-0.25, -0.2) is 0 Å². The highest BCUT2D eigenvalue weighted by Gasteiger charge is 2.38. The van der Waals surface area contributed by atoms with Crippen molar-refractivity contribution in [3.63, 3.8) is 0 Å². The predicted molar refractivity (Wildman–Crippen MR) is 101 cm³/mol. The van der Waals surface area contributed by atoms with E-state index in [0.717, 1.165) is 12.5 Å². The highest BCUT2D eigenvalue weighted by molar-refractivity contribution is 5.85. The lowest BCUT2D eigenvalue weighted by atomic mass is 9.73. The number of ether oxygens (including phenoxy) is 1. The lowest BCUT2D eigenvalue weighted by molar-refractivity contribution is -0.137. The van der Waals surface area contributed by atoms with Gasteiger partial charge in [-0.2, -0.15) is 13.2 Å². The average Bonchev–Trinajstić information content (AvgIpc) is 2.65. The molecule has 0 bridgehead atoms. The summed E-state index contributed by atoms with van der Waals surface area (Å²) in [6.07, 6.45) is -2.52. The van der Waals surface area contributed by atoms with Crippen LogP contribution in [0, 0.1) is 5.92 Å². The van der Waals surface area contributed by atoms with Crippen LogP contribution in [0.3, 0.4) is 0 Å². The molecule has 2 rings (SSSR count). The summed E-state index contributed by atoms with van der Waals surface area (Å²) in [5.74, 6) is -0.230. The van der Waals surface area contributed by atoms with E-state index in [1.165, 1.54) is 12.1 Å². The van der Waals surface area contributed by atoms with E-state index < -0.39 is 23.2 Å². The van der Waals surface area contributed by atoms with Crippen LogP contribution in [0.5, 0.6) is 0 Å². The molecule has 1 aliphatic rings. The van der Waals surface area contributed by atoms with Gasteiger partial charge in [0, 0.05) is 25.2 Å². The number of hydrogen-bond acceptors (Lipinski definition) is 3. The molecule has 0 aromatic heterocycles. The van der Waals surface area contributed by atoms with Crippen LogP contribution in [0.2, 0.25) is 0 Å². The molecule has 2 unspecified atom stereocenters. The Hall–Kier alpha value is -1.31. The smallest absolute Gasteiger partial charge is 0.381 e. The molecule has 1 aromatic rings. The van der Waals surface area contributed by atoms with E-state index in [9.17, 15) is 18.0 Å². The van der Waals surface area contributed by atoms with Crippen LogP contribution in [0.4, 0.5) is 13.2 Å². The number of alkyl halides is 3. The van der Waals surface area contributed by atoms with Gasteiger partial charge in [-0.15, -0.1) is 12.4 Å². The molecule has 4 nitrogen and oxygen atoms in total. The second kappa shape index (κ2) is 9.75. The van der Waals surface area contributed by atoms with E-state index in [0.29, 0.717) is 31.6 Å². The summed E-state index contributed by atoms with van der Waals surface area (Å²) in [5, 5.41) is 2.86. The number of benzene rings is 1. The fourth-order valence-electron chi connectivity index (χ4n) is 3.24. The maximum absolute atomic E-state index is 13.1. The van der Waals surface area contributed by atoms with Gasteiger partial charge in [0.15, 0.2) is 0 Å². The number of nitrogens with one attached hydrogen (secondary N) is 1. The van der Waals surface area contributed by atoms with Gasteiger partial charge in [0.2, 0.25) is 5.91 Å². The number of hydrogen-bond donors (Lipinski definition) is 2. The van der Waals surface area contributed by atoms with Crippen molar-refractivity contribution in [2.75, 3.05) is 19.8 Å². The summed E-state index contributed by atoms with van der Waals surface area (Å²) < 4.78 is 44.7. The molecular weight excluding hydrogens is 381 g/mol. The molecule has 1 fully saturated rings. The summed E-state index contributed by atoms with van der Waals surface area (Å²) in [4.78, 5) is 12.3. The van der Waals surface area contributed by atoms with E-state index >= 15 is 0 Å². The molecular formula is C19H28ClF3N2O2. The first-order valence-corrected chi connectivity index (χ1v) is 8.98. The van der Waals surface area contributed by atoms with Crippen LogP contribution in [0.25, 0.3) is 0 Å². The Kier molecular flexibility index (Phi) is 8.57. The minimum Gasteiger partial charge on any atom is -0.381 e. The van der Waals surface area contributed by atoms with Gasteiger partial charge in [0.1, 0.15) is 0 Å². The summed E-state index contributed by atoms with van der Waals surface area (Å²) in [5.41, 5.74) is 5.28. The van der Waals surface area contributed by atoms with Crippen molar-refractivity contribution in [1.82, 2.24) is 5.32 Å². The molecule has 1 saturated heterocycles. The fraction of sp³-hybridized carbons (Fsp3) is 0.632. The standard InChI is InChI=1S/C19H27F3N2O2.ClH/c1-3-13(2)16(23)17(25)24-12-18(7-9-26-10-8-18)14-5-4-6-15(11-14)19(20,21)22;/h4-6,11,13,16H,3,7-10,12,23H2,1-2H3,(H,24,25);1H. The second-order valence-corrected chi connectivity index (χ2v) is 7.10. The highest BCUT2D eigenvalue weighted by atomic mass is 35.5. The van der Waals surface area contributed by atoms with Gasteiger partial charge < -0.3 is 15.8 Å². The van der Waals surface area contributed by atoms with Gasteiger partial charge in [0.05, 0.1) is 11.6 Å². The molecule has 1 aromatic carbocycles. The lowest BCUT2D eigenvalue weighted by Crippen LogP contribution is -2.50. The Morgan fingerprint density at radius 2 is 1.96 bits per heavy atom. The third-order valence-corrected chi connectivity index (χ3v) is 5.41. The van der Waals surface area contributed by atoms with Gasteiger partial charge in [-0.1, -0.05) is 38.5 Å². The van der Waals surface area contributed by atoms with Gasteiger partial charge in [-0.3, -0.25) is 4.79 Å². The third kappa shape index (κ3) is 5.83. The third-order valence-electron chi connectivity index (χ3n) is 5.41. The largest absolute Gasteiger partial charge is 0.416 e. The topological polar surface area (TPSA) is 64.4 Å². The number of nitrogens with two attached hydrogens (primary N) is 1. The van der Waals surface area contributed by atoms with Crippen molar-refractivity contribution in [2.45, 2.75) is 50.7 Å². The average molecular weight is 409 g/mol. The van der Waals surface area contributed by atoms with Gasteiger partial charge in [0.25, 0.3) is 0 Å². The van der Waals surface area contributed by atoms with Crippen molar-refractivity contribution < 1.29 is 22.7 Å². The first-order valence-electron chi connectivity index (χ1n) is 8.98. The molecule has 8 heteroatoms. The Labute approximate surface area is 164 Å². The predicted octanol–water partition coefficient (Wildman–Crippen LogP) is 3.67. The maximum Gasteiger partial charge on any atom is 0.416 e. The van der Waals surface area contributed by atoms with E-state index in [1.807, 2.05) is 13.8 Å². The number of rotatable bonds is 6. The molecule has 0 saturated carbocycles. The van der Waals surface area contributed by atoms with Crippen LogP contribution in [0.15, 0.2) is 24.3 Å². The summed E-state index contributed by atoms with van der Waals surface area (Å²) in [6, 6.07) is 4.74. The molecule has 0 spiro atoms. The van der Waals surface area contributed by atoms with E-state index in [2.05, 4.69) is 5.32 Å². The molecule has 27 heavy (non-hydrogen) atoms. The van der Waals surface area contributed by atoms with Crippen LogP contribution in [0.1, 0.15) is 44.2 Å². The first kappa shape index (κ1) is 23.7. The zero-order chi connectivity index (χ0) is 19.4. The molecule has 1 amide bonds. The second-order valence-electron chi connectivity index (χ2n) is 7.10. The van der Waals surface area contributed by atoms with Crippen LogP contribution < -0.4 is 11.1 Å². The molecule has 0 aliphatic carbocycles. The fourth-order valence-corrected chi connectivity index (χ4v) is 3.24. The van der Waals surface area contributed by atoms with Crippen LogP contribution in [-0.2, 0) is 21.1 Å². The van der Waals surface area contributed by atoms with Crippen molar-refractivity contribution in [3.05, 3.63) is 35.4 Å². The number of carbonyl (C=O) groups excluding carboxylic acids is 1. The number of carbonyl (C=O) groups is 1. The van der Waals surface area contributed by atoms with E-state index in [4.69, 9.17) is 10.5 Å². The number of halogens is 4. The Balaban J connectivity index is 0.00000364. The zero-order valence-corrected chi connectivity index (χ0v) is 16.5. The quantitative estimate of drug-likeness (QED) is 0.754. The molecule has 1 aliphatic heterocycles. The van der Waals surface area contributed by atoms with Crippen LogP contribution >= 0.6 is 12.4 Å². The normalized spacial score (nSPS) is 18.9. The molecule has 0 radical (unpaired) electrons.